The summed E-state index contributed by atoms with van der Waals surface area (Å²) in [4.78, 5) is 0. The Morgan fingerprint density at radius 2 is 1.46 bits per heavy atom. The van der Waals surface area contributed by atoms with E-state index in [0.29, 0.717) is 29.2 Å². The van der Waals surface area contributed by atoms with E-state index in [0.717, 1.165) is 49.5 Å². The lowest BCUT2D eigenvalue weighted by Crippen LogP contribution is -2.22. The molecule has 1 nitrogen and oxygen atoms in total. The van der Waals surface area contributed by atoms with Gasteiger partial charge < -0.3 is 4.74 Å². The highest BCUT2D eigenvalue weighted by Crippen LogP contribution is 2.42. The van der Waals surface area contributed by atoms with Crippen LogP contribution in [0, 0.1) is 35.2 Å². The minimum absolute atomic E-state index is 0.0691. The van der Waals surface area contributed by atoms with Crippen LogP contribution in [0.3, 0.4) is 0 Å². The van der Waals surface area contributed by atoms with Crippen LogP contribution in [0.15, 0.2) is 73.3 Å². The fraction of sp³-hybridized carbons (Fsp3) is 0.405. The number of hydrogen-bond donors (Lipinski definition) is 0. The van der Waals surface area contributed by atoms with Gasteiger partial charge in [0.1, 0.15) is 5.82 Å². The summed E-state index contributed by atoms with van der Waals surface area (Å²) in [7, 11) is 0. The van der Waals surface area contributed by atoms with E-state index < -0.39 is 11.6 Å². The van der Waals surface area contributed by atoms with Gasteiger partial charge in [-0.3, -0.25) is 0 Å². The Hall–Kier alpha value is -3.27. The van der Waals surface area contributed by atoms with Gasteiger partial charge in [0.2, 0.25) is 5.82 Å². The summed E-state index contributed by atoms with van der Waals surface area (Å²) in [6.07, 6.45) is 15.6. The first kappa shape index (κ1) is 29.2. The number of rotatable bonds is 10. The number of halogens is 3. The summed E-state index contributed by atoms with van der Waals surface area (Å²) in [5.74, 6) is -0.0303. The molecule has 2 aliphatic carbocycles. The summed E-state index contributed by atoms with van der Waals surface area (Å²) < 4.78 is 50.2. The predicted octanol–water partition coefficient (Wildman–Crippen LogP) is 11.2. The summed E-state index contributed by atoms with van der Waals surface area (Å²) in [6.45, 7) is 6.40. The first-order valence-corrected chi connectivity index (χ1v) is 15.3. The third-order valence-electron chi connectivity index (χ3n) is 9.17. The molecule has 2 aliphatic rings. The summed E-state index contributed by atoms with van der Waals surface area (Å²) in [5.41, 5.74) is 4.06. The van der Waals surface area contributed by atoms with Crippen LogP contribution < -0.4 is 4.74 Å². The highest BCUT2D eigenvalue weighted by atomic mass is 19.2. The Balaban J connectivity index is 1.24. The van der Waals surface area contributed by atoms with Crippen LogP contribution in [0.25, 0.3) is 27.8 Å². The van der Waals surface area contributed by atoms with Crippen LogP contribution in [-0.4, -0.2) is 6.61 Å². The van der Waals surface area contributed by atoms with E-state index >= 15 is 4.39 Å². The van der Waals surface area contributed by atoms with E-state index in [9.17, 15) is 8.78 Å². The Labute approximate surface area is 243 Å². The van der Waals surface area contributed by atoms with Crippen LogP contribution in [0.4, 0.5) is 13.2 Å². The topological polar surface area (TPSA) is 9.23 Å². The molecule has 1 unspecified atom stereocenters. The highest BCUT2D eigenvalue weighted by molar-refractivity contribution is 5.74. The number of hydrogen-bond acceptors (Lipinski definition) is 1. The smallest absolute Gasteiger partial charge is 0.201 e. The number of allylic oxidation sites excluding steroid dienone is 3. The van der Waals surface area contributed by atoms with Crippen LogP contribution in [0.5, 0.6) is 5.75 Å². The van der Waals surface area contributed by atoms with Gasteiger partial charge in [-0.05, 0) is 110 Å². The van der Waals surface area contributed by atoms with Gasteiger partial charge in [0.05, 0.1) is 6.61 Å². The van der Waals surface area contributed by atoms with Crippen molar-refractivity contribution < 1.29 is 17.9 Å². The van der Waals surface area contributed by atoms with E-state index in [-0.39, 0.29) is 17.1 Å². The van der Waals surface area contributed by atoms with Gasteiger partial charge >= 0.3 is 0 Å². The van der Waals surface area contributed by atoms with Gasteiger partial charge in [-0.2, -0.15) is 4.39 Å². The molecule has 0 heterocycles. The van der Waals surface area contributed by atoms with Crippen LogP contribution in [-0.2, 0) is 0 Å². The number of unbranched alkanes of at least 4 members (excludes halogenated alkanes) is 2. The van der Waals surface area contributed by atoms with Crippen molar-refractivity contribution in [1.29, 1.82) is 0 Å². The average molecular weight is 559 g/mol. The third kappa shape index (κ3) is 6.80. The van der Waals surface area contributed by atoms with Crippen molar-refractivity contribution >= 4 is 5.57 Å². The normalized spacial score (nSPS) is 20.9. The van der Waals surface area contributed by atoms with Crippen molar-refractivity contribution in [3.63, 3.8) is 0 Å². The molecule has 41 heavy (non-hydrogen) atoms. The minimum atomic E-state index is -0.979. The zero-order valence-electron chi connectivity index (χ0n) is 24.1. The average Bonchev–Trinajstić information content (AvgIpc) is 3.01. The van der Waals surface area contributed by atoms with Gasteiger partial charge in [0.15, 0.2) is 11.6 Å². The molecule has 0 aliphatic heterocycles. The Kier molecular flexibility index (Phi) is 9.69. The van der Waals surface area contributed by atoms with Crippen molar-refractivity contribution in [1.82, 2.24) is 0 Å². The molecule has 216 valence electrons. The van der Waals surface area contributed by atoms with Crippen molar-refractivity contribution in [2.45, 2.75) is 71.1 Å². The zero-order chi connectivity index (χ0) is 28.8. The zero-order valence-corrected chi connectivity index (χ0v) is 24.1. The van der Waals surface area contributed by atoms with E-state index in [1.54, 1.807) is 30.3 Å². The maximum absolute atomic E-state index is 15.3. The SMILES string of the molecule is C=CC1CCC(C2CC=C(c3ccc(-c4ccc(-c5ccc(OCCCCC)c(F)c5F)cc4)c(F)c3)CC2)CC1. The third-order valence-corrected chi connectivity index (χ3v) is 9.17. The fourth-order valence-electron chi connectivity index (χ4n) is 6.58. The first-order chi connectivity index (χ1) is 20.0. The second-order valence-corrected chi connectivity index (χ2v) is 11.7. The molecule has 1 saturated carbocycles. The molecule has 0 aromatic heterocycles. The summed E-state index contributed by atoms with van der Waals surface area (Å²) >= 11 is 0. The monoisotopic (exact) mass is 558 g/mol. The van der Waals surface area contributed by atoms with Crippen molar-refractivity contribution in [3.05, 3.63) is 96.3 Å². The molecule has 1 atom stereocenters. The van der Waals surface area contributed by atoms with Gasteiger partial charge in [-0.15, -0.1) is 6.58 Å². The molecule has 0 bridgehead atoms. The van der Waals surface area contributed by atoms with Crippen molar-refractivity contribution in [3.8, 4) is 28.0 Å². The van der Waals surface area contributed by atoms with E-state index in [4.69, 9.17) is 4.74 Å². The molecule has 4 heteroatoms. The molecule has 3 aromatic carbocycles. The molecular weight excluding hydrogens is 517 g/mol. The molecule has 0 amide bonds. The second-order valence-electron chi connectivity index (χ2n) is 11.7. The Morgan fingerprint density at radius 1 is 0.780 bits per heavy atom. The maximum Gasteiger partial charge on any atom is 0.201 e. The molecule has 5 rings (SSSR count). The van der Waals surface area contributed by atoms with E-state index in [1.807, 2.05) is 12.1 Å². The Morgan fingerprint density at radius 3 is 2.10 bits per heavy atom. The lowest BCUT2D eigenvalue weighted by Gasteiger charge is -2.34. The molecule has 0 saturated heterocycles. The maximum atomic E-state index is 15.3. The summed E-state index contributed by atoms with van der Waals surface area (Å²) in [6, 6.07) is 15.4. The predicted molar refractivity (Wildman–Crippen MR) is 163 cm³/mol. The standard InChI is InChI=1S/C37H41F3O/c1-3-5-6-23-41-35-22-21-33(36(39)37(35)40)30-17-15-29(16-18-30)32-20-19-31(24-34(32)38)28-13-11-27(12-14-28)26-9-7-25(4-2)8-10-26/h4,13,15-22,24-27H,2-3,5-12,14,23H2,1H3. The van der Waals surface area contributed by atoms with Crippen LogP contribution in [0.2, 0.25) is 0 Å². The number of ether oxygens (including phenoxy) is 1. The highest BCUT2D eigenvalue weighted by Gasteiger charge is 2.28. The van der Waals surface area contributed by atoms with E-state index in [2.05, 4.69) is 25.7 Å². The van der Waals surface area contributed by atoms with Crippen LogP contribution >= 0.6 is 0 Å². The Bertz CT molecular complexity index is 1370. The largest absolute Gasteiger partial charge is 0.490 e. The van der Waals surface area contributed by atoms with Crippen molar-refractivity contribution in [2.75, 3.05) is 6.61 Å². The van der Waals surface area contributed by atoms with Crippen molar-refractivity contribution in [2.24, 2.45) is 17.8 Å². The number of benzene rings is 3. The second kappa shape index (κ2) is 13.6. The van der Waals surface area contributed by atoms with E-state index in [1.165, 1.54) is 49.8 Å². The lowest BCUT2D eigenvalue weighted by atomic mass is 9.71. The quantitative estimate of drug-likeness (QED) is 0.178. The summed E-state index contributed by atoms with van der Waals surface area (Å²) in [5, 5.41) is 0. The van der Waals surface area contributed by atoms with Gasteiger partial charge in [-0.1, -0.05) is 68.3 Å². The van der Waals surface area contributed by atoms with Gasteiger partial charge in [-0.25, -0.2) is 8.78 Å². The molecule has 0 spiro atoms. The van der Waals surface area contributed by atoms with Crippen LogP contribution in [0.1, 0.15) is 76.7 Å². The van der Waals surface area contributed by atoms with Gasteiger partial charge in [0.25, 0.3) is 0 Å². The lowest BCUT2D eigenvalue weighted by molar-refractivity contribution is 0.212. The molecule has 1 fully saturated rings. The molecular formula is C37H41F3O. The first-order valence-electron chi connectivity index (χ1n) is 15.3. The molecule has 0 radical (unpaired) electrons. The minimum Gasteiger partial charge on any atom is -0.490 e. The fourth-order valence-corrected chi connectivity index (χ4v) is 6.58. The van der Waals surface area contributed by atoms with Gasteiger partial charge in [0, 0.05) is 11.1 Å². The molecule has 0 N–H and O–H groups in total. The molecule has 3 aromatic rings.